The third kappa shape index (κ3) is 4.02. The first kappa shape index (κ1) is 17.1. The van der Waals surface area contributed by atoms with E-state index in [0.29, 0.717) is 11.6 Å². The summed E-state index contributed by atoms with van der Waals surface area (Å²) >= 11 is 1.76. The van der Waals surface area contributed by atoms with Gasteiger partial charge in [-0.25, -0.2) is 9.97 Å². The Kier molecular flexibility index (Phi) is 5.30. The Morgan fingerprint density at radius 3 is 2.92 bits per heavy atom. The standard InChI is InChI=1S/C17H25N5OS/c1-4-16-19-8-15(20-16)17(23)21-14-5-6-22(9-11(14)2)10-13-7-18-12(3)24-13/h7-8,11,14H,4-6,9-10H2,1-3H3,(H,19,20)(H,21,23)/t11-,14+/m1/s1. The molecule has 2 N–H and O–H groups in total. The second-order valence-electron chi connectivity index (χ2n) is 6.52. The van der Waals surface area contributed by atoms with Crippen LogP contribution < -0.4 is 5.32 Å². The molecule has 3 rings (SSSR count). The minimum atomic E-state index is -0.0504. The Balaban J connectivity index is 1.52. The maximum Gasteiger partial charge on any atom is 0.269 e. The van der Waals surface area contributed by atoms with E-state index in [2.05, 4.69) is 32.1 Å². The first-order chi connectivity index (χ1) is 11.5. The van der Waals surface area contributed by atoms with Crippen molar-refractivity contribution in [3.8, 4) is 0 Å². The van der Waals surface area contributed by atoms with Crippen molar-refractivity contribution < 1.29 is 4.79 Å². The first-order valence-electron chi connectivity index (χ1n) is 8.53. The highest BCUT2D eigenvalue weighted by Gasteiger charge is 2.28. The number of H-pyrrole nitrogens is 1. The molecular formula is C17H25N5OS. The van der Waals surface area contributed by atoms with Gasteiger partial charge in [0.25, 0.3) is 5.91 Å². The van der Waals surface area contributed by atoms with Gasteiger partial charge < -0.3 is 10.3 Å². The fourth-order valence-electron chi connectivity index (χ4n) is 3.19. The average Bonchev–Trinajstić information content (AvgIpc) is 3.19. The number of aromatic nitrogens is 3. The molecule has 24 heavy (non-hydrogen) atoms. The van der Waals surface area contributed by atoms with Crippen molar-refractivity contribution in [2.45, 2.75) is 46.2 Å². The van der Waals surface area contributed by atoms with Gasteiger partial charge in [0.15, 0.2) is 0 Å². The predicted molar refractivity (Wildman–Crippen MR) is 95.1 cm³/mol. The monoisotopic (exact) mass is 347 g/mol. The van der Waals surface area contributed by atoms with Crippen LogP contribution in [0.3, 0.4) is 0 Å². The molecule has 1 amide bonds. The number of hydrogen-bond donors (Lipinski definition) is 2. The largest absolute Gasteiger partial charge is 0.348 e. The molecule has 0 aromatic carbocycles. The van der Waals surface area contributed by atoms with E-state index >= 15 is 0 Å². The molecule has 2 aromatic heterocycles. The number of carbonyl (C=O) groups is 1. The maximum atomic E-state index is 12.4. The number of nitrogens with one attached hydrogen (secondary N) is 2. The molecule has 2 aromatic rings. The summed E-state index contributed by atoms with van der Waals surface area (Å²) in [4.78, 5) is 27.7. The lowest BCUT2D eigenvalue weighted by atomic mass is 9.93. The van der Waals surface area contributed by atoms with E-state index in [-0.39, 0.29) is 11.9 Å². The number of likely N-dealkylation sites (tertiary alicyclic amines) is 1. The lowest BCUT2D eigenvalue weighted by Crippen LogP contribution is -2.49. The van der Waals surface area contributed by atoms with Crippen molar-refractivity contribution in [1.82, 2.24) is 25.2 Å². The van der Waals surface area contributed by atoms with E-state index in [1.807, 2.05) is 20.0 Å². The fraction of sp³-hybridized carbons (Fsp3) is 0.588. The minimum Gasteiger partial charge on any atom is -0.348 e. The van der Waals surface area contributed by atoms with Gasteiger partial charge in [0.1, 0.15) is 11.5 Å². The zero-order chi connectivity index (χ0) is 17.1. The van der Waals surface area contributed by atoms with Crippen LogP contribution in [0.1, 0.15) is 46.5 Å². The van der Waals surface area contributed by atoms with Crippen molar-refractivity contribution in [3.63, 3.8) is 0 Å². The topological polar surface area (TPSA) is 73.9 Å². The van der Waals surface area contributed by atoms with Gasteiger partial charge in [-0.15, -0.1) is 11.3 Å². The number of rotatable bonds is 5. The van der Waals surface area contributed by atoms with Crippen molar-refractivity contribution in [1.29, 1.82) is 0 Å². The van der Waals surface area contributed by atoms with Crippen LogP contribution in [0.25, 0.3) is 0 Å². The van der Waals surface area contributed by atoms with Crippen molar-refractivity contribution in [3.05, 3.63) is 33.8 Å². The molecule has 1 saturated heterocycles. The molecule has 3 heterocycles. The summed E-state index contributed by atoms with van der Waals surface area (Å²) in [6.07, 6.45) is 5.38. The van der Waals surface area contributed by atoms with Gasteiger partial charge in [-0.05, 0) is 19.3 Å². The van der Waals surface area contributed by atoms with Gasteiger partial charge in [0.2, 0.25) is 0 Å². The number of aromatic amines is 1. The summed E-state index contributed by atoms with van der Waals surface area (Å²) < 4.78 is 0. The van der Waals surface area contributed by atoms with Crippen LogP contribution in [0.2, 0.25) is 0 Å². The lowest BCUT2D eigenvalue weighted by Gasteiger charge is -2.37. The van der Waals surface area contributed by atoms with Gasteiger partial charge >= 0.3 is 0 Å². The summed E-state index contributed by atoms with van der Waals surface area (Å²) in [5, 5.41) is 4.28. The van der Waals surface area contributed by atoms with Crippen LogP contribution >= 0.6 is 11.3 Å². The van der Waals surface area contributed by atoms with Crippen LogP contribution in [-0.2, 0) is 13.0 Å². The average molecular weight is 347 g/mol. The lowest BCUT2D eigenvalue weighted by molar-refractivity contribution is 0.0857. The van der Waals surface area contributed by atoms with Crippen LogP contribution in [0.5, 0.6) is 0 Å². The number of amides is 1. The summed E-state index contributed by atoms with van der Waals surface area (Å²) in [6.45, 7) is 9.21. The van der Waals surface area contributed by atoms with Crippen LogP contribution in [0.4, 0.5) is 0 Å². The molecule has 7 heteroatoms. The van der Waals surface area contributed by atoms with Crippen molar-refractivity contribution in [2.24, 2.45) is 5.92 Å². The maximum absolute atomic E-state index is 12.4. The second kappa shape index (κ2) is 7.44. The molecule has 0 bridgehead atoms. The number of hydrogen-bond acceptors (Lipinski definition) is 5. The SMILES string of the molecule is CCc1ncc(C(=O)N[C@H]2CCN(Cc3cnc(C)s3)C[C@H]2C)[nH]1. The molecule has 2 atom stereocenters. The van der Waals surface area contributed by atoms with Gasteiger partial charge in [-0.1, -0.05) is 13.8 Å². The van der Waals surface area contributed by atoms with Gasteiger partial charge in [-0.3, -0.25) is 9.69 Å². The van der Waals surface area contributed by atoms with Crippen molar-refractivity contribution >= 4 is 17.2 Å². The zero-order valence-corrected chi connectivity index (χ0v) is 15.3. The quantitative estimate of drug-likeness (QED) is 0.871. The number of carbonyl (C=O) groups excluding carboxylic acids is 1. The highest BCUT2D eigenvalue weighted by atomic mass is 32.1. The Morgan fingerprint density at radius 2 is 2.29 bits per heavy atom. The van der Waals surface area contributed by atoms with E-state index in [1.54, 1.807) is 17.5 Å². The smallest absolute Gasteiger partial charge is 0.269 e. The van der Waals surface area contributed by atoms with Crippen LogP contribution in [-0.4, -0.2) is 44.9 Å². The normalized spacial score (nSPS) is 21.8. The van der Waals surface area contributed by atoms with Crippen molar-refractivity contribution in [2.75, 3.05) is 13.1 Å². The number of thiazole rings is 1. The summed E-state index contributed by atoms with van der Waals surface area (Å²) in [6, 6.07) is 0.213. The fourth-order valence-corrected chi connectivity index (χ4v) is 4.03. The van der Waals surface area contributed by atoms with Crippen LogP contribution in [0.15, 0.2) is 12.4 Å². The van der Waals surface area contributed by atoms with E-state index in [9.17, 15) is 4.79 Å². The molecule has 0 radical (unpaired) electrons. The summed E-state index contributed by atoms with van der Waals surface area (Å²) in [5.74, 6) is 1.22. The van der Waals surface area contributed by atoms with E-state index in [1.165, 1.54) is 4.88 Å². The molecule has 6 nitrogen and oxygen atoms in total. The highest BCUT2D eigenvalue weighted by Crippen LogP contribution is 2.21. The summed E-state index contributed by atoms with van der Waals surface area (Å²) in [7, 11) is 0. The van der Waals surface area contributed by atoms with E-state index < -0.39 is 0 Å². The molecule has 0 unspecified atom stereocenters. The molecule has 1 aliphatic heterocycles. The predicted octanol–water partition coefficient (Wildman–Crippen LogP) is 2.38. The number of piperidine rings is 1. The molecular weight excluding hydrogens is 322 g/mol. The zero-order valence-electron chi connectivity index (χ0n) is 14.5. The number of aryl methyl sites for hydroxylation is 2. The van der Waals surface area contributed by atoms with Gasteiger partial charge in [0.05, 0.1) is 11.2 Å². The Labute approximate surface area is 146 Å². The molecule has 0 spiro atoms. The third-order valence-corrected chi connectivity index (χ3v) is 5.46. The Morgan fingerprint density at radius 1 is 1.46 bits per heavy atom. The van der Waals surface area contributed by atoms with E-state index in [0.717, 1.165) is 43.3 Å². The highest BCUT2D eigenvalue weighted by molar-refractivity contribution is 7.11. The molecule has 1 aliphatic rings. The molecule has 0 aliphatic carbocycles. The minimum absolute atomic E-state index is 0.0504. The molecule has 1 fully saturated rings. The second-order valence-corrected chi connectivity index (χ2v) is 7.84. The Bertz CT molecular complexity index is 695. The summed E-state index contributed by atoms with van der Waals surface area (Å²) in [5.41, 5.74) is 0.557. The van der Waals surface area contributed by atoms with Gasteiger partial charge in [-0.2, -0.15) is 0 Å². The number of imidazole rings is 1. The van der Waals surface area contributed by atoms with Gasteiger partial charge in [0, 0.05) is 43.2 Å². The first-order valence-corrected chi connectivity index (χ1v) is 9.35. The van der Waals surface area contributed by atoms with E-state index in [4.69, 9.17) is 0 Å². The van der Waals surface area contributed by atoms with Crippen LogP contribution in [0, 0.1) is 12.8 Å². The third-order valence-electron chi connectivity index (χ3n) is 4.56. The number of nitrogens with zero attached hydrogens (tertiary/aromatic N) is 3. The molecule has 130 valence electrons. The Hall–Kier alpha value is -1.73. The molecule has 0 saturated carbocycles.